The van der Waals surface area contributed by atoms with Gasteiger partial charge in [-0.3, -0.25) is 9.89 Å². The number of hydrogen-bond acceptors (Lipinski definition) is 5. The minimum Gasteiger partial charge on any atom is -0.490 e. The minimum atomic E-state index is -0.358. The van der Waals surface area contributed by atoms with Gasteiger partial charge in [0.1, 0.15) is 23.2 Å². The summed E-state index contributed by atoms with van der Waals surface area (Å²) in [7, 11) is 0. The molecule has 144 valence electrons. The number of aromatic nitrogens is 3. The predicted molar refractivity (Wildman–Crippen MR) is 102 cm³/mol. The Morgan fingerprint density at radius 1 is 1.25 bits per heavy atom. The van der Waals surface area contributed by atoms with E-state index in [0.717, 1.165) is 43.0 Å². The summed E-state index contributed by atoms with van der Waals surface area (Å²) in [5.41, 5.74) is 2.89. The van der Waals surface area contributed by atoms with Crippen molar-refractivity contribution in [3.05, 3.63) is 47.0 Å². The second-order valence-corrected chi connectivity index (χ2v) is 7.35. The summed E-state index contributed by atoms with van der Waals surface area (Å²) in [5, 5.41) is 10.0. The highest BCUT2D eigenvalue weighted by Crippen LogP contribution is 2.29. The molecular formula is C20H20FN5O2. The van der Waals surface area contributed by atoms with Crippen molar-refractivity contribution in [2.24, 2.45) is 0 Å². The molecule has 1 saturated heterocycles. The summed E-state index contributed by atoms with van der Waals surface area (Å²) in [5.74, 6) is 1.05. The molecular weight excluding hydrogens is 361 g/mol. The van der Waals surface area contributed by atoms with Crippen molar-refractivity contribution in [3.8, 4) is 5.75 Å². The maximum atomic E-state index is 14.1. The van der Waals surface area contributed by atoms with E-state index in [2.05, 4.69) is 20.4 Å². The van der Waals surface area contributed by atoms with Crippen LogP contribution in [0.25, 0.3) is 10.9 Å². The molecule has 1 fully saturated rings. The largest absolute Gasteiger partial charge is 0.490 e. The van der Waals surface area contributed by atoms with Crippen LogP contribution in [0.1, 0.15) is 34.5 Å². The Morgan fingerprint density at radius 2 is 2.07 bits per heavy atom. The van der Waals surface area contributed by atoms with Gasteiger partial charge in [0.2, 0.25) is 0 Å². The molecule has 4 heterocycles. The average Bonchev–Trinajstić information content (AvgIpc) is 3.29. The number of ether oxygens (including phenoxy) is 1. The van der Waals surface area contributed by atoms with Crippen LogP contribution < -0.4 is 15.0 Å². The van der Waals surface area contributed by atoms with E-state index in [4.69, 9.17) is 9.72 Å². The summed E-state index contributed by atoms with van der Waals surface area (Å²) < 4.78 is 20.1. The van der Waals surface area contributed by atoms with Crippen molar-refractivity contribution in [3.63, 3.8) is 0 Å². The highest BCUT2D eigenvalue weighted by atomic mass is 19.1. The van der Waals surface area contributed by atoms with Gasteiger partial charge in [0.25, 0.3) is 5.91 Å². The van der Waals surface area contributed by atoms with E-state index < -0.39 is 0 Å². The normalized spacial score (nSPS) is 17.1. The van der Waals surface area contributed by atoms with Crippen LogP contribution in [0.4, 0.5) is 10.2 Å². The highest BCUT2D eigenvalue weighted by molar-refractivity contribution is 5.98. The number of anilines is 1. The summed E-state index contributed by atoms with van der Waals surface area (Å²) in [6.07, 6.45) is 3.26. The zero-order valence-electron chi connectivity index (χ0n) is 15.5. The quantitative estimate of drug-likeness (QED) is 0.729. The molecule has 3 aromatic rings. The molecule has 0 bridgehead atoms. The molecule has 8 heteroatoms. The maximum absolute atomic E-state index is 14.1. The van der Waals surface area contributed by atoms with Gasteiger partial charge in [-0.2, -0.15) is 5.10 Å². The summed E-state index contributed by atoms with van der Waals surface area (Å²) >= 11 is 0. The zero-order chi connectivity index (χ0) is 19.3. The number of pyridine rings is 1. The lowest BCUT2D eigenvalue weighted by Crippen LogP contribution is -2.39. The molecule has 0 spiro atoms. The monoisotopic (exact) mass is 381 g/mol. The number of rotatable bonds is 3. The Kier molecular flexibility index (Phi) is 3.92. The topological polar surface area (TPSA) is 83.1 Å². The maximum Gasteiger partial charge on any atom is 0.253 e. The molecule has 2 aromatic heterocycles. The summed E-state index contributed by atoms with van der Waals surface area (Å²) in [4.78, 5) is 18.7. The first-order valence-corrected chi connectivity index (χ1v) is 9.41. The highest BCUT2D eigenvalue weighted by Gasteiger charge is 2.26. The second-order valence-electron chi connectivity index (χ2n) is 7.35. The molecule has 0 saturated carbocycles. The Morgan fingerprint density at radius 3 is 2.89 bits per heavy atom. The molecule has 0 aliphatic carbocycles. The van der Waals surface area contributed by atoms with Crippen molar-refractivity contribution in [1.82, 2.24) is 20.5 Å². The molecule has 7 nitrogen and oxygen atoms in total. The van der Waals surface area contributed by atoms with E-state index in [9.17, 15) is 9.18 Å². The van der Waals surface area contributed by atoms with Gasteiger partial charge < -0.3 is 15.0 Å². The standard InChI is InChI=1S/C20H20FN5O2/c1-11-6-15-17(10-22-20(15)27)24-19(11)26-4-2-13(3-5-26)28-14-7-12-9-23-25-18(12)16(21)8-14/h6-9,13H,2-5,10H2,1H3,(H,22,27)(H,23,25). The van der Waals surface area contributed by atoms with E-state index >= 15 is 0 Å². The van der Waals surface area contributed by atoms with Crippen molar-refractivity contribution >= 4 is 22.6 Å². The molecule has 0 unspecified atom stereocenters. The van der Waals surface area contributed by atoms with Crippen LogP contribution in [0.5, 0.6) is 5.75 Å². The van der Waals surface area contributed by atoms with E-state index in [0.29, 0.717) is 28.8 Å². The molecule has 0 radical (unpaired) electrons. The van der Waals surface area contributed by atoms with Crippen molar-refractivity contribution in [2.75, 3.05) is 18.0 Å². The van der Waals surface area contributed by atoms with Crippen LogP contribution in [-0.2, 0) is 6.54 Å². The third-order valence-electron chi connectivity index (χ3n) is 5.44. The lowest BCUT2D eigenvalue weighted by molar-refractivity contribution is 0.0965. The fourth-order valence-electron chi connectivity index (χ4n) is 3.99. The number of halogens is 1. The third kappa shape index (κ3) is 2.85. The van der Waals surface area contributed by atoms with Crippen LogP contribution in [0.2, 0.25) is 0 Å². The second kappa shape index (κ2) is 6.47. The number of amides is 1. The summed E-state index contributed by atoms with van der Waals surface area (Å²) in [6.45, 7) is 4.08. The van der Waals surface area contributed by atoms with Gasteiger partial charge in [0.05, 0.1) is 24.0 Å². The van der Waals surface area contributed by atoms with Gasteiger partial charge in [0, 0.05) is 37.4 Å². The molecule has 28 heavy (non-hydrogen) atoms. The number of nitrogens with one attached hydrogen (secondary N) is 2. The SMILES string of the molecule is Cc1cc2c(nc1N1CCC(Oc3cc(F)c4[nH]ncc4c3)CC1)CNC2=O. The molecule has 2 aliphatic heterocycles. The van der Waals surface area contributed by atoms with Crippen LogP contribution in [0.3, 0.4) is 0 Å². The lowest BCUT2D eigenvalue weighted by atomic mass is 10.1. The first-order valence-electron chi connectivity index (χ1n) is 9.41. The Labute approximate surface area is 160 Å². The molecule has 2 aliphatic rings. The van der Waals surface area contributed by atoms with Gasteiger partial charge in [0.15, 0.2) is 5.82 Å². The first-order chi connectivity index (χ1) is 13.6. The number of carbonyl (C=O) groups excluding carboxylic acids is 1. The molecule has 1 amide bonds. The van der Waals surface area contributed by atoms with E-state index in [1.165, 1.54) is 6.07 Å². The third-order valence-corrected chi connectivity index (χ3v) is 5.44. The summed E-state index contributed by atoms with van der Waals surface area (Å²) in [6, 6.07) is 5.14. The van der Waals surface area contributed by atoms with E-state index in [1.54, 1.807) is 6.20 Å². The fourth-order valence-corrected chi connectivity index (χ4v) is 3.99. The van der Waals surface area contributed by atoms with E-state index in [-0.39, 0.29) is 17.8 Å². The predicted octanol–water partition coefficient (Wildman–Crippen LogP) is 2.70. The van der Waals surface area contributed by atoms with Gasteiger partial charge in [-0.15, -0.1) is 0 Å². The number of hydrogen-bond donors (Lipinski definition) is 2. The molecule has 5 rings (SSSR count). The molecule has 2 N–H and O–H groups in total. The number of nitrogens with zero attached hydrogens (tertiary/aromatic N) is 3. The minimum absolute atomic E-state index is 0.0259. The van der Waals surface area contributed by atoms with Gasteiger partial charge in [-0.05, 0) is 24.6 Å². The van der Waals surface area contributed by atoms with Gasteiger partial charge in [-0.25, -0.2) is 9.37 Å². The Bertz CT molecular complexity index is 1070. The Balaban J connectivity index is 1.28. The van der Waals surface area contributed by atoms with E-state index in [1.807, 2.05) is 19.1 Å². The Hall–Kier alpha value is -3.16. The van der Waals surface area contributed by atoms with Crippen LogP contribution in [-0.4, -0.2) is 40.3 Å². The number of carbonyl (C=O) groups is 1. The van der Waals surface area contributed by atoms with Crippen molar-refractivity contribution < 1.29 is 13.9 Å². The van der Waals surface area contributed by atoms with Gasteiger partial charge >= 0.3 is 0 Å². The number of piperidine rings is 1. The number of benzene rings is 1. The lowest BCUT2D eigenvalue weighted by Gasteiger charge is -2.34. The van der Waals surface area contributed by atoms with Gasteiger partial charge in [-0.1, -0.05) is 0 Å². The van der Waals surface area contributed by atoms with Crippen LogP contribution >= 0.6 is 0 Å². The van der Waals surface area contributed by atoms with Crippen LogP contribution in [0.15, 0.2) is 24.4 Å². The first kappa shape index (κ1) is 17.0. The molecule has 1 aromatic carbocycles. The number of aryl methyl sites for hydroxylation is 1. The average molecular weight is 381 g/mol. The zero-order valence-corrected chi connectivity index (χ0v) is 15.5. The number of H-pyrrole nitrogens is 1. The van der Waals surface area contributed by atoms with Crippen molar-refractivity contribution in [1.29, 1.82) is 0 Å². The van der Waals surface area contributed by atoms with Crippen molar-refractivity contribution in [2.45, 2.75) is 32.4 Å². The fraction of sp³-hybridized carbons (Fsp3) is 0.350. The molecule has 0 atom stereocenters. The van der Waals surface area contributed by atoms with Crippen LogP contribution in [0, 0.1) is 12.7 Å². The number of aromatic amines is 1. The number of fused-ring (bicyclic) bond motifs is 2. The smallest absolute Gasteiger partial charge is 0.253 e.